The Morgan fingerprint density at radius 3 is 2.39 bits per heavy atom. The molecule has 0 bridgehead atoms. The first kappa shape index (κ1) is 15.6. The van der Waals surface area contributed by atoms with Crippen LogP contribution in [0.3, 0.4) is 0 Å². The Labute approximate surface area is 117 Å². The number of hydrogen-bond acceptors (Lipinski definition) is 2. The highest BCUT2D eigenvalue weighted by atomic mass is 32.2. The van der Waals surface area contributed by atoms with Gasteiger partial charge in [0.05, 0.1) is 0 Å². The van der Waals surface area contributed by atoms with Crippen molar-refractivity contribution in [3.63, 3.8) is 0 Å². The molecule has 1 aromatic rings. The van der Waals surface area contributed by atoms with E-state index in [2.05, 4.69) is 71.1 Å². The summed E-state index contributed by atoms with van der Waals surface area (Å²) in [6.45, 7) is 14.5. The molecule has 1 rings (SSSR count). The van der Waals surface area contributed by atoms with Crippen LogP contribution >= 0.6 is 11.8 Å². The topological polar surface area (TPSA) is 12.0 Å². The Bertz CT molecular complexity index is 366. The summed E-state index contributed by atoms with van der Waals surface area (Å²) in [6.07, 6.45) is 0. The van der Waals surface area contributed by atoms with Crippen molar-refractivity contribution in [3.05, 3.63) is 29.8 Å². The summed E-state index contributed by atoms with van der Waals surface area (Å²) in [5, 5.41) is 4.23. The number of nitrogens with one attached hydrogen (secondary N) is 1. The lowest BCUT2D eigenvalue weighted by Crippen LogP contribution is -2.41. The summed E-state index contributed by atoms with van der Waals surface area (Å²) < 4.78 is 0. The quantitative estimate of drug-likeness (QED) is 0.787. The van der Waals surface area contributed by atoms with Gasteiger partial charge >= 0.3 is 0 Å². The normalized spacial score (nSPS) is 13.9. The number of thioether (sulfide) groups is 1. The largest absolute Gasteiger partial charge is 0.311 e. The lowest BCUT2D eigenvalue weighted by molar-refractivity contribution is 0.408. The van der Waals surface area contributed by atoms with Gasteiger partial charge in [-0.05, 0) is 45.7 Å². The van der Waals surface area contributed by atoms with Gasteiger partial charge in [-0.3, -0.25) is 0 Å². The van der Waals surface area contributed by atoms with Crippen LogP contribution in [-0.2, 0) is 0 Å². The van der Waals surface area contributed by atoms with Crippen molar-refractivity contribution >= 4 is 11.8 Å². The third kappa shape index (κ3) is 5.92. The molecular weight excluding hydrogens is 238 g/mol. The Morgan fingerprint density at radius 2 is 1.89 bits per heavy atom. The van der Waals surface area contributed by atoms with Crippen LogP contribution in [0.15, 0.2) is 29.2 Å². The van der Waals surface area contributed by atoms with Gasteiger partial charge in [-0.2, -0.15) is 0 Å². The maximum atomic E-state index is 3.62. The van der Waals surface area contributed by atoms with Gasteiger partial charge in [0.1, 0.15) is 0 Å². The van der Waals surface area contributed by atoms with Crippen molar-refractivity contribution in [1.82, 2.24) is 5.32 Å². The van der Waals surface area contributed by atoms with E-state index in [4.69, 9.17) is 0 Å². The van der Waals surface area contributed by atoms with Gasteiger partial charge in [0.25, 0.3) is 0 Å². The molecule has 0 saturated carbocycles. The molecule has 0 aliphatic carbocycles. The maximum Gasteiger partial charge on any atom is 0.0242 e. The highest BCUT2D eigenvalue weighted by Crippen LogP contribution is 2.28. The average Bonchev–Trinajstić information content (AvgIpc) is 2.22. The fraction of sp³-hybridized carbons (Fsp3) is 0.625. The van der Waals surface area contributed by atoms with Gasteiger partial charge in [-0.15, -0.1) is 11.8 Å². The van der Waals surface area contributed by atoms with Crippen LogP contribution in [0.1, 0.15) is 40.2 Å². The summed E-state index contributed by atoms with van der Waals surface area (Å²) in [4.78, 5) is 1.38. The molecule has 102 valence electrons. The molecule has 0 fully saturated rings. The van der Waals surface area contributed by atoms with Crippen molar-refractivity contribution in [2.24, 2.45) is 5.92 Å². The van der Waals surface area contributed by atoms with Gasteiger partial charge in [0.2, 0.25) is 0 Å². The molecule has 1 aromatic carbocycles. The summed E-state index contributed by atoms with van der Waals surface area (Å²) in [7, 11) is 0. The van der Waals surface area contributed by atoms with Gasteiger partial charge in [-0.25, -0.2) is 0 Å². The predicted octanol–water partition coefficient (Wildman–Crippen LogP) is 4.50. The van der Waals surface area contributed by atoms with E-state index in [1.54, 1.807) is 0 Å². The maximum absolute atomic E-state index is 3.62. The second-order valence-electron chi connectivity index (χ2n) is 6.35. The first-order chi connectivity index (χ1) is 8.28. The predicted molar refractivity (Wildman–Crippen MR) is 83.4 cm³/mol. The average molecular weight is 265 g/mol. The lowest BCUT2D eigenvalue weighted by atomic mass is 10.1. The Morgan fingerprint density at radius 1 is 1.22 bits per heavy atom. The number of benzene rings is 1. The van der Waals surface area contributed by atoms with E-state index < -0.39 is 0 Å². The monoisotopic (exact) mass is 265 g/mol. The summed E-state index contributed by atoms with van der Waals surface area (Å²) in [5.74, 6) is 0.672. The zero-order valence-corrected chi connectivity index (χ0v) is 13.4. The molecule has 1 nitrogen and oxygen atoms in total. The zero-order valence-electron chi connectivity index (χ0n) is 12.6. The van der Waals surface area contributed by atoms with Crippen molar-refractivity contribution < 1.29 is 0 Å². The molecule has 2 heteroatoms. The van der Waals surface area contributed by atoms with Crippen LogP contribution in [0.2, 0.25) is 0 Å². The van der Waals surface area contributed by atoms with E-state index in [0.29, 0.717) is 11.2 Å². The van der Waals surface area contributed by atoms with Crippen molar-refractivity contribution in [1.29, 1.82) is 0 Å². The first-order valence-corrected chi connectivity index (χ1v) is 7.64. The SMILES string of the molecule is Cc1cccc(SC(CNC(C)(C)C)C(C)C)c1. The minimum atomic E-state index is 0.195. The lowest BCUT2D eigenvalue weighted by Gasteiger charge is -2.27. The van der Waals surface area contributed by atoms with Gasteiger partial charge in [0.15, 0.2) is 0 Å². The smallest absolute Gasteiger partial charge is 0.0242 e. The van der Waals surface area contributed by atoms with Crippen molar-refractivity contribution in [2.45, 2.75) is 57.2 Å². The second-order valence-corrected chi connectivity index (χ2v) is 7.66. The molecule has 1 unspecified atom stereocenters. The van der Waals surface area contributed by atoms with Crippen LogP contribution in [-0.4, -0.2) is 17.3 Å². The number of aryl methyl sites for hydroxylation is 1. The highest BCUT2D eigenvalue weighted by molar-refractivity contribution is 8.00. The van der Waals surface area contributed by atoms with E-state index in [0.717, 1.165) is 6.54 Å². The second kappa shape index (κ2) is 6.63. The van der Waals surface area contributed by atoms with Crippen LogP contribution in [0.25, 0.3) is 0 Å². The molecule has 1 N–H and O–H groups in total. The number of hydrogen-bond donors (Lipinski definition) is 1. The fourth-order valence-corrected chi connectivity index (χ4v) is 2.88. The summed E-state index contributed by atoms with van der Waals surface area (Å²) >= 11 is 1.99. The van der Waals surface area contributed by atoms with Crippen LogP contribution < -0.4 is 5.32 Å². The third-order valence-corrected chi connectivity index (χ3v) is 4.39. The molecule has 0 radical (unpaired) electrons. The summed E-state index contributed by atoms with van der Waals surface area (Å²) in [6, 6.07) is 8.79. The van der Waals surface area contributed by atoms with E-state index in [1.165, 1.54) is 10.5 Å². The fourth-order valence-electron chi connectivity index (χ4n) is 1.68. The molecule has 0 amide bonds. The Kier molecular flexibility index (Phi) is 5.74. The minimum Gasteiger partial charge on any atom is -0.311 e. The van der Waals surface area contributed by atoms with Crippen LogP contribution in [0.4, 0.5) is 0 Å². The molecule has 0 aliphatic heterocycles. The van der Waals surface area contributed by atoms with Crippen molar-refractivity contribution in [2.75, 3.05) is 6.54 Å². The van der Waals surface area contributed by atoms with Gasteiger partial charge < -0.3 is 5.32 Å². The van der Waals surface area contributed by atoms with Crippen LogP contribution in [0.5, 0.6) is 0 Å². The number of rotatable bonds is 5. The Balaban J connectivity index is 2.63. The first-order valence-electron chi connectivity index (χ1n) is 6.76. The molecule has 0 aliphatic rings. The molecule has 18 heavy (non-hydrogen) atoms. The van der Waals surface area contributed by atoms with E-state index in [1.807, 2.05) is 11.8 Å². The highest BCUT2D eigenvalue weighted by Gasteiger charge is 2.18. The third-order valence-electron chi connectivity index (χ3n) is 2.85. The molecular formula is C16H27NS. The van der Waals surface area contributed by atoms with Gasteiger partial charge in [0, 0.05) is 22.2 Å². The van der Waals surface area contributed by atoms with E-state index >= 15 is 0 Å². The molecule has 0 heterocycles. The minimum absolute atomic E-state index is 0.195. The molecule has 0 aromatic heterocycles. The molecule has 0 saturated heterocycles. The zero-order chi connectivity index (χ0) is 13.8. The van der Waals surface area contributed by atoms with E-state index in [9.17, 15) is 0 Å². The van der Waals surface area contributed by atoms with Crippen LogP contribution in [0, 0.1) is 12.8 Å². The Hall–Kier alpha value is -0.470. The standard InChI is InChI=1S/C16H27NS/c1-12(2)15(11-17-16(4,5)6)18-14-9-7-8-13(3)10-14/h7-10,12,15,17H,11H2,1-6H3. The molecule has 0 spiro atoms. The molecule has 1 atom stereocenters. The van der Waals surface area contributed by atoms with Gasteiger partial charge in [-0.1, -0.05) is 31.5 Å². The van der Waals surface area contributed by atoms with Crippen molar-refractivity contribution in [3.8, 4) is 0 Å². The summed E-state index contributed by atoms with van der Waals surface area (Å²) in [5.41, 5.74) is 1.53. The van der Waals surface area contributed by atoms with E-state index in [-0.39, 0.29) is 5.54 Å².